The predicted molar refractivity (Wildman–Crippen MR) is 227 cm³/mol. The second-order valence-corrected chi connectivity index (χ2v) is 15.1. The van der Waals surface area contributed by atoms with Crippen LogP contribution in [0.3, 0.4) is 0 Å². The molecular weight excluding hydrogens is 765 g/mol. The molecule has 0 bridgehead atoms. The van der Waals surface area contributed by atoms with Gasteiger partial charge < -0.3 is 50.0 Å². The van der Waals surface area contributed by atoms with Gasteiger partial charge in [0.15, 0.2) is 5.75 Å². The zero-order valence-corrected chi connectivity index (χ0v) is 34.0. The van der Waals surface area contributed by atoms with E-state index in [1.54, 1.807) is 48.7 Å². The van der Waals surface area contributed by atoms with E-state index in [-0.39, 0.29) is 24.3 Å². The predicted octanol–water partition coefficient (Wildman–Crippen LogP) is 8.05. The number of hydrogen-bond donors (Lipinski definition) is 6. The molecule has 1 heterocycles. The topological polar surface area (TPSA) is 198 Å². The van der Waals surface area contributed by atoms with Crippen LogP contribution in [0.4, 0.5) is 33.4 Å². The number of aromatic nitrogens is 1. The fourth-order valence-electron chi connectivity index (χ4n) is 5.86. The quantitative estimate of drug-likeness (QED) is 0.0468. The third kappa shape index (κ3) is 11.6. The van der Waals surface area contributed by atoms with Gasteiger partial charge in [-0.15, -0.1) is 0 Å². The average molecular weight is 813 g/mol. The fraction of sp³-hybridized carbons (Fsp3) is 0.286. The normalized spacial score (nSPS) is 11.6. The second-order valence-electron chi connectivity index (χ2n) is 14.0. The van der Waals surface area contributed by atoms with E-state index < -0.39 is 23.0 Å². The molecule has 0 aliphatic carbocycles. The van der Waals surface area contributed by atoms with Crippen LogP contribution in [-0.4, -0.2) is 72.4 Å². The van der Waals surface area contributed by atoms with Crippen molar-refractivity contribution in [2.45, 2.75) is 39.0 Å². The molecule has 1 aromatic heterocycles. The summed E-state index contributed by atoms with van der Waals surface area (Å²) in [5.41, 5.74) is 3.06. The van der Waals surface area contributed by atoms with E-state index in [9.17, 15) is 18.6 Å². The highest BCUT2D eigenvalue weighted by Crippen LogP contribution is 2.40. The molecule has 5 aromatic rings. The molecule has 0 aliphatic heterocycles. The van der Waals surface area contributed by atoms with Crippen LogP contribution in [0.1, 0.15) is 49.5 Å². The Labute approximate surface area is 339 Å². The third-order valence-electron chi connectivity index (χ3n) is 8.68. The summed E-state index contributed by atoms with van der Waals surface area (Å²) in [5.74, 6) is 0.992. The van der Waals surface area contributed by atoms with Gasteiger partial charge in [-0.1, -0.05) is 45.0 Å². The van der Waals surface area contributed by atoms with E-state index in [0.29, 0.717) is 76.7 Å². The number of carbonyl (C=O) groups is 3. The number of fused-ring (bicyclic) bond motifs is 1. The molecule has 0 fully saturated rings. The Morgan fingerprint density at radius 1 is 0.828 bits per heavy atom. The van der Waals surface area contributed by atoms with E-state index in [1.807, 2.05) is 57.2 Å². The van der Waals surface area contributed by atoms with Crippen molar-refractivity contribution in [3.05, 3.63) is 96.2 Å². The van der Waals surface area contributed by atoms with Crippen molar-refractivity contribution in [1.82, 2.24) is 10.3 Å². The average Bonchev–Trinajstić information content (AvgIpc) is 3.17. The zero-order valence-electron chi connectivity index (χ0n) is 33.2. The molecule has 0 saturated carbocycles. The molecule has 1 unspecified atom stereocenters. The number of benzene rings is 4. The van der Waals surface area contributed by atoms with Crippen LogP contribution in [0.15, 0.2) is 85.1 Å². The number of methoxy groups -OCH3 is 2. The van der Waals surface area contributed by atoms with Gasteiger partial charge in [0.1, 0.15) is 34.1 Å². The summed E-state index contributed by atoms with van der Waals surface area (Å²) >= 11 is 0. The third-order valence-corrected chi connectivity index (χ3v) is 9.19. The largest absolute Gasteiger partial charge is 0.496 e. The maximum atomic E-state index is 13.5. The van der Waals surface area contributed by atoms with Crippen LogP contribution in [0.2, 0.25) is 0 Å². The lowest BCUT2D eigenvalue weighted by Gasteiger charge is -2.24. The van der Waals surface area contributed by atoms with E-state index in [0.717, 1.165) is 16.3 Å². The van der Waals surface area contributed by atoms with Gasteiger partial charge in [0.2, 0.25) is 0 Å². The van der Waals surface area contributed by atoms with Crippen LogP contribution < -0.4 is 40.2 Å². The number of urea groups is 1. The van der Waals surface area contributed by atoms with Crippen molar-refractivity contribution >= 4 is 68.2 Å². The van der Waals surface area contributed by atoms with Gasteiger partial charge in [-0.25, -0.2) is 14.0 Å². The molecule has 4 aromatic carbocycles. The lowest BCUT2D eigenvalue weighted by Crippen LogP contribution is -2.25. The van der Waals surface area contributed by atoms with Crippen LogP contribution in [0.5, 0.6) is 23.0 Å². The maximum absolute atomic E-state index is 13.5. The zero-order chi connectivity index (χ0) is 41.8. The van der Waals surface area contributed by atoms with E-state index in [4.69, 9.17) is 24.1 Å². The summed E-state index contributed by atoms with van der Waals surface area (Å²) in [6.45, 7) is 6.93. The van der Waals surface area contributed by atoms with Gasteiger partial charge in [0.05, 0.1) is 49.9 Å². The van der Waals surface area contributed by atoms with Gasteiger partial charge in [-0.05, 0) is 59.9 Å². The first-order chi connectivity index (χ1) is 27.7. The lowest BCUT2D eigenvalue weighted by atomic mass is 9.86. The molecule has 0 aliphatic rings. The highest BCUT2D eigenvalue weighted by molar-refractivity contribution is 7.85. The van der Waals surface area contributed by atoms with Crippen molar-refractivity contribution in [3.8, 4) is 23.0 Å². The smallest absolute Gasteiger partial charge is 0.323 e. The minimum atomic E-state index is -1.37. The van der Waals surface area contributed by atoms with Gasteiger partial charge in [0.25, 0.3) is 5.91 Å². The summed E-state index contributed by atoms with van der Waals surface area (Å²) in [5, 5.41) is 22.1. The Hall–Kier alpha value is -6.39. The molecular formula is C42H48N6O9S. The first-order valence-electron chi connectivity index (χ1n) is 18.3. The highest BCUT2D eigenvalue weighted by atomic mass is 32.2. The number of carbonyl (C=O) groups excluding carboxylic acids is 2. The van der Waals surface area contributed by atoms with Crippen LogP contribution in [-0.2, 0) is 25.9 Å². The molecule has 306 valence electrons. The van der Waals surface area contributed by atoms with Crippen molar-refractivity contribution in [2.24, 2.45) is 0 Å². The summed E-state index contributed by atoms with van der Waals surface area (Å²) < 4.78 is 37.7. The maximum Gasteiger partial charge on any atom is 0.323 e. The van der Waals surface area contributed by atoms with Crippen LogP contribution >= 0.6 is 0 Å². The molecule has 58 heavy (non-hydrogen) atoms. The van der Waals surface area contributed by atoms with Gasteiger partial charge in [-0.3, -0.25) is 9.59 Å². The van der Waals surface area contributed by atoms with Gasteiger partial charge in [-0.2, -0.15) is 0 Å². The molecule has 0 saturated heterocycles. The number of nitrogens with one attached hydrogen (secondary N) is 5. The van der Waals surface area contributed by atoms with Crippen molar-refractivity contribution < 1.29 is 42.6 Å². The van der Waals surface area contributed by atoms with Crippen molar-refractivity contribution in [1.29, 1.82) is 0 Å². The summed E-state index contributed by atoms with van der Waals surface area (Å²) in [6.07, 6.45) is 3.58. The molecule has 0 spiro atoms. The van der Waals surface area contributed by atoms with Crippen LogP contribution in [0.25, 0.3) is 10.8 Å². The number of nitrogens with zero attached hydrogens (tertiary/aromatic N) is 1. The first-order valence-corrected chi connectivity index (χ1v) is 19.9. The Morgan fingerprint density at radius 2 is 1.57 bits per heavy atom. The number of hydrogen-bond acceptors (Lipinski definition) is 10. The van der Waals surface area contributed by atoms with Gasteiger partial charge >= 0.3 is 12.0 Å². The number of amides is 3. The summed E-state index contributed by atoms with van der Waals surface area (Å²) in [7, 11) is 1.59. The molecule has 3 amide bonds. The Balaban J connectivity index is 1.27. The molecule has 5 rings (SSSR count). The second kappa shape index (κ2) is 19.7. The number of pyridine rings is 1. The number of rotatable bonds is 18. The number of carboxylic acid groups (broad SMARTS) is 1. The van der Waals surface area contributed by atoms with E-state index in [2.05, 4.69) is 31.0 Å². The lowest BCUT2D eigenvalue weighted by molar-refractivity contribution is -0.138. The molecule has 6 N–H and O–H groups in total. The number of ether oxygens (including phenoxy) is 4. The first kappa shape index (κ1) is 42.7. The van der Waals surface area contributed by atoms with E-state index in [1.165, 1.54) is 20.5 Å². The number of carboxylic acids is 1. The SMILES string of the molecule is COc1cc(Nc2cc(Oc3ccc(NC(=O)Nc4cc(C(C)(C)C)cc(NS(C)=O)c4OC)c4ccccc34)ccn2)ccc1C(=O)NCCCOCCC(=O)O. The molecule has 15 nitrogen and oxygen atoms in total. The van der Waals surface area contributed by atoms with Crippen molar-refractivity contribution in [3.63, 3.8) is 0 Å². The standard InChI is InChI=1S/C42H48N6O9S/c1-42(2,3)26-22-33(39(55-5)34(23-26)48-58(6)53)47-41(52)46-32-14-15-35(30-11-8-7-10-29(30)32)57-28-16-19-43-37(25-28)45-27-12-13-31(36(24-27)54-4)40(51)44-18-9-20-56-21-17-38(49)50/h7-8,10-16,19,22-25,48H,9,17-18,20-21H2,1-6H3,(H,43,45)(H,44,51)(H,49,50)(H2,46,47,52). The van der Waals surface area contributed by atoms with E-state index >= 15 is 0 Å². The molecule has 16 heteroatoms. The summed E-state index contributed by atoms with van der Waals surface area (Å²) in [6, 6.07) is 22.8. The monoisotopic (exact) mass is 812 g/mol. The van der Waals surface area contributed by atoms with Gasteiger partial charge in [0, 0.05) is 54.2 Å². The minimum Gasteiger partial charge on any atom is -0.496 e. The Bertz CT molecular complexity index is 2300. The number of aliphatic carboxylic acids is 1. The number of anilines is 5. The Morgan fingerprint density at radius 3 is 2.28 bits per heavy atom. The van der Waals surface area contributed by atoms with Crippen LogP contribution in [0, 0.1) is 0 Å². The molecule has 1 atom stereocenters. The summed E-state index contributed by atoms with van der Waals surface area (Å²) in [4.78, 5) is 41.3. The minimum absolute atomic E-state index is 0.0684. The highest BCUT2D eigenvalue weighted by Gasteiger charge is 2.22. The Kier molecular flexibility index (Phi) is 14.5. The fourth-order valence-corrected chi connectivity index (χ4v) is 6.32. The molecule has 0 radical (unpaired) electrons. The van der Waals surface area contributed by atoms with Crippen molar-refractivity contribution in [2.75, 3.05) is 60.9 Å².